The summed E-state index contributed by atoms with van der Waals surface area (Å²) >= 11 is 0. The van der Waals surface area contributed by atoms with E-state index >= 15 is 0 Å². The maximum Gasteiger partial charge on any atom is 0.163 e. The molecule has 0 atom stereocenters. The molecule has 0 unspecified atom stereocenters. The van der Waals surface area contributed by atoms with Gasteiger partial charge in [-0.1, -0.05) is 12.1 Å². The Labute approximate surface area is 99.9 Å². The van der Waals surface area contributed by atoms with E-state index in [-0.39, 0.29) is 5.78 Å². The van der Waals surface area contributed by atoms with Crippen molar-refractivity contribution in [3.63, 3.8) is 0 Å². The highest BCUT2D eigenvalue weighted by atomic mass is 16.5. The normalized spacial score (nSPS) is 10.2. The van der Waals surface area contributed by atoms with Crippen LogP contribution in [-0.2, 0) is 6.54 Å². The van der Waals surface area contributed by atoms with Crippen LogP contribution in [0.25, 0.3) is 0 Å². The van der Waals surface area contributed by atoms with Gasteiger partial charge in [-0.2, -0.15) is 0 Å². The van der Waals surface area contributed by atoms with Gasteiger partial charge in [0.2, 0.25) is 0 Å². The molecule has 0 saturated heterocycles. The minimum absolute atomic E-state index is 0.0169. The number of rotatable bonds is 5. The van der Waals surface area contributed by atoms with Crippen LogP contribution in [0.15, 0.2) is 43.0 Å². The number of ketones is 1. The highest BCUT2D eigenvalue weighted by molar-refractivity contribution is 5.96. The zero-order chi connectivity index (χ0) is 12.1. The van der Waals surface area contributed by atoms with Crippen molar-refractivity contribution in [2.24, 2.45) is 0 Å². The molecule has 4 nitrogen and oxygen atoms in total. The number of nitrogens with zero attached hydrogens (tertiary/aromatic N) is 2. The molecule has 0 aliphatic rings. The van der Waals surface area contributed by atoms with Crippen molar-refractivity contribution in [3.8, 4) is 5.75 Å². The van der Waals surface area contributed by atoms with E-state index in [9.17, 15) is 4.79 Å². The number of carbonyl (C=O) groups is 1. The molecule has 4 heteroatoms. The Balaban J connectivity index is 1.97. The molecule has 1 heterocycles. The summed E-state index contributed by atoms with van der Waals surface area (Å²) < 4.78 is 7.53. The molecule has 2 rings (SSSR count). The SMILES string of the molecule is CC(=O)c1ccccc1OCCn1ccnc1. The first-order chi connectivity index (χ1) is 8.27. The quantitative estimate of drug-likeness (QED) is 0.739. The van der Waals surface area contributed by atoms with Crippen LogP contribution in [0, 0.1) is 0 Å². The summed E-state index contributed by atoms with van der Waals surface area (Å²) in [5, 5.41) is 0. The highest BCUT2D eigenvalue weighted by Crippen LogP contribution is 2.18. The number of aromatic nitrogens is 2. The van der Waals surface area contributed by atoms with Crippen molar-refractivity contribution < 1.29 is 9.53 Å². The Kier molecular flexibility index (Phi) is 3.55. The van der Waals surface area contributed by atoms with E-state index in [1.54, 1.807) is 18.6 Å². The molecule has 0 spiro atoms. The van der Waals surface area contributed by atoms with Gasteiger partial charge in [-0.15, -0.1) is 0 Å². The van der Waals surface area contributed by atoms with Gasteiger partial charge in [0.05, 0.1) is 18.4 Å². The molecule has 1 aromatic carbocycles. The molecule has 1 aromatic heterocycles. The van der Waals surface area contributed by atoms with E-state index in [1.807, 2.05) is 29.0 Å². The third kappa shape index (κ3) is 2.93. The lowest BCUT2D eigenvalue weighted by atomic mass is 10.1. The van der Waals surface area contributed by atoms with Crippen LogP contribution in [0.5, 0.6) is 5.75 Å². The van der Waals surface area contributed by atoms with E-state index in [2.05, 4.69) is 4.98 Å². The summed E-state index contributed by atoms with van der Waals surface area (Å²) in [6.45, 7) is 2.77. The highest BCUT2D eigenvalue weighted by Gasteiger charge is 2.06. The largest absolute Gasteiger partial charge is 0.491 e. The molecule has 17 heavy (non-hydrogen) atoms. The van der Waals surface area contributed by atoms with Crippen LogP contribution < -0.4 is 4.74 Å². The smallest absolute Gasteiger partial charge is 0.163 e. The zero-order valence-corrected chi connectivity index (χ0v) is 9.67. The second-order valence-corrected chi connectivity index (χ2v) is 3.70. The maximum absolute atomic E-state index is 11.4. The molecule has 0 saturated carbocycles. The van der Waals surface area contributed by atoms with E-state index in [1.165, 1.54) is 6.92 Å². The van der Waals surface area contributed by atoms with E-state index < -0.39 is 0 Å². The first-order valence-electron chi connectivity index (χ1n) is 5.46. The van der Waals surface area contributed by atoms with Gasteiger partial charge in [0, 0.05) is 12.4 Å². The van der Waals surface area contributed by atoms with Crippen molar-refractivity contribution in [2.75, 3.05) is 6.61 Å². The maximum atomic E-state index is 11.4. The van der Waals surface area contributed by atoms with Gasteiger partial charge in [-0.25, -0.2) is 4.98 Å². The number of imidazole rings is 1. The predicted octanol–water partition coefficient (Wildman–Crippen LogP) is 2.16. The van der Waals surface area contributed by atoms with Crippen molar-refractivity contribution in [3.05, 3.63) is 48.5 Å². The Bertz CT molecular complexity index is 492. The Morgan fingerprint density at radius 3 is 2.94 bits per heavy atom. The fraction of sp³-hybridized carbons (Fsp3) is 0.231. The van der Waals surface area contributed by atoms with Gasteiger partial charge < -0.3 is 9.30 Å². The molecule has 0 radical (unpaired) electrons. The molecule has 0 aliphatic carbocycles. The molecule has 2 aromatic rings. The van der Waals surface area contributed by atoms with Crippen molar-refractivity contribution in [1.82, 2.24) is 9.55 Å². The zero-order valence-electron chi connectivity index (χ0n) is 9.67. The van der Waals surface area contributed by atoms with Crippen LogP contribution in [0.3, 0.4) is 0 Å². The van der Waals surface area contributed by atoms with E-state index in [0.29, 0.717) is 24.5 Å². The number of hydrogen-bond acceptors (Lipinski definition) is 3. The lowest BCUT2D eigenvalue weighted by Crippen LogP contribution is -2.08. The van der Waals surface area contributed by atoms with Gasteiger partial charge in [-0.05, 0) is 19.1 Å². The molecule has 0 fully saturated rings. The van der Waals surface area contributed by atoms with Crippen LogP contribution in [-0.4, -0.2) is 21.9 Å². The van der Waals surface area contributed by atoms with Gasteiger partial charge >= 0.3 is 0 Å². The van der Waals surface area contributed by atoms with Crippen LogP contribution in [0.4, 0.5) is 0 Å². The standard InChI is InChI=1S/C13H14N2O2/c1-11(16)12-4-2-3-5-13(12)17-9-8-15-7-6-14-10-15/h2-7,10H,8-9H2,1H3. The summed E-state index contributed by atoms with van der Waals surface area (Å²) in [5.74, 6) is 0.656. The number of benzene rings is 1. The lowest BCUT2D eigenvalue weighted by Gasteiger charge is -2.09. The number of ether oxygens (including phenoxy) is 1. The third-order valence-corrected chi connectivity index (χ3v) is 2.43. The average Bonchev–Trinajstić information content (AvgIpc) is 2.82. The molecule has 88 valence electrons. The topological polar surface area (TPSA) is 44.1 Å². The van der Waals surface area contributed by atoms with Gasteiger partial charge in [0.25, 0.3) is 0 Å². The lowest BCUT2D eigenvalue weighted by molar-refractivity contribution is 0.101. The van der Waals surface area contributed by atoms with Crippen LogP contribution >= 0.6 is 0 Å². The summed E-state index contributed by atoms with van der Waals surface area (Å²) in [4.78, 5) is 15.3. The third-order valence-electron chi connectivity index (χ3n) is 2.43. The van der Waals surface area contributed by atoms with Gasteiger partial charge in [-0.3, -0.25) is 4.79 Å². The molecular weight excluding hydrogens is 216 g/mol. The van der Waals surface area contributed by atoms with Crippen LogP contribution in [0.2, 0.25) is 0 Å². The van der Waals surface area contributed by atoms with Crippen molar-refractivity contribution in [2.45, 2.75) is 13.5 Å². The summed E-state index contributed by atoms with van der Waals surface area (Å²) in [6, 6.07) is 7.28. The Morgan fingerprint density at radius 2 is 2.24 bits per heavy atom. The van der Waals surface area contributed by atoms with Crippen molar-refractivity contribution >= 4 is 5.78 Å². The van der Waals surface area contributed by atoms with E-state index in [0.717, 1.165) is 0 Å². The first-order valence-corrected chi connectivity index (χ1v) is 5.46. The minimum atomic E-state index is 0.0169. The van der Waals surface area contributed by atoms with Gasteiger partial charge in [0.1, 0.15) is 12.4 Å². The van der Waals surface area contributed by atoms with Crippen LogP contribution in [0.1, 0.15) is 17.3 Å². The fourth-order valence-electron chi connectivity index (χ4n) is 1.56. The Morgan fingerprint density at radius 1 is 1.41 bits per heavy atom. The second-order valence-electron chi connectivity index (χ2n) is 3.70. The van der Waals surface area contributed by atoms with Crippen molar-refractivity contribution in [1.29, 1.82) is 0 Å². The monoisotopic (exact) mass is 230 g/mol. The Hall–Kier alpha value is -2.10. The minimum Gasteiger partial charge on any atom is -0.491 e. The van der Waals surface area contributed by atoms with Gasteiger partial charge in [0.15, 0.2) is 5.78 Å². The van der Waals surface area contributed by atoms with E-state index in [4.69, 9.17) is 4.74 Å². The average molecular weight is 230 g/mol. The molecule has 0 N–H and O–H groups in total. The number of para-hydroxylation sites is 1. The molecule has 0 bridgehead atoms. The fourth-order valence-corrected chi connectivity index (χ4v) is 1.56. The summed E-state index contributed by atoms with van der Waals surface area (Å²) in [7, 11) is 0. The molecule has 0 aliphatic heterocycles. The second kappa shape index (κ2) is 5.30. The number of hydrogen-bond donors (Lipinski definition) is 0. The molecular formula is C13H14N2O2. The number of carbonyl (C=O) groups excluding carboxylic acids is 1. The summed E-state index contributed by atoms with van der Waals surface area (Å²) in [6.07, 6.45) is 5.34. The molecule has 0 amide bonds. The summed E-state index contributed by atoms with van der Waals surface area (Å²) in [5.41, 5.74) is 0.623. The first kappa shape index (κ1) is 11.4. The predicted molar refractivity (Wildman–Crippen MR) is 64.2 cm³/mol. The number of Topliss-reactive ketones (excluding diaryl/α,β-unsaturated/α-hetero) is 1.